The van der Waals surface area contributed by atoms with Crippen LogP contribution in [-0.4, -0.2) is 67.0 Å². The Bertz CT molecular complexity index is 1280. The highest BCUT2D eigenvalue weighted by Crippen LogP contribution is 2.30. The summed E-state index contributed by atoms with van der Waals surface area (Å²) < 4.78 is 41.8. The molecule has 8 nitrogen and oxygen atoms in total. The van der Waals surface area contributed by atoms with E-state index in [1.54, 1.807) is 17.0 Å². The number of hydrogen-bond donors (Lipinski definition) is 1. The number of hydrogen-bond acceptors (Lipinski definition) is 6. The molecule has 1 N–H and O–H groups in total. The summed E-state index contributed by atoms with van der Waals surface area (Å²) in [6.07, 6.45) is -0.614. The van der Waals surface area contributed by atoms with Gasteiger partial charge in [-0.25, -0.2) is 0 Å². The molecule has 2 amide bonds. The number of amides is 2. The fourth-order valence-electron chi connectivity index (χ4n) is 5.35. The molecule has 3 rings (SSSR count). The van der Waals surface area contributed by atoms with Crippen LogP contribution in [0.4, 0.5) is 13.2 Å². The normalized spacial score (nSPS) is 14.3. The van der Waals surface area contributed by atoms with Crippen molar-refractivity contribution in [2.24, 2.45) is 0 Å². The molecule has 0 saturated heterocycles. The predicted octanol–water partition coefficient (Wildman–Crippen LogP) is 4.98. The topological polar surface area (TPSA) is 103 Å². The van der Waals surface area contributed by atoms with Crippen LogP contribution in [0.15, 0.2) is 42.5 Å². The number of nitrogens with one attached hydrogen (secondary N) is 1. The lowest BCUT2D eigenvalue weighted by Gasteiger charge is -2.26. The van der Waals surface area contributed by atoms with Crippen LogP contribution in [0.1, 0.15) is 72.0 Å². The Balaban J connectivity index is 1.54. The van der Waals surface area contributed by atoms with Crippen molar-refractivity contribution in [2.45, 2.75) is 70.3 Å². The SMILES string of the molecule is CCN(CCCCc1cccc2c1CN(C(CCC=O)C(=O)NC)C2=O)CCC(C#N)c1cccc(OC(F)(F)F)c1. The van der Waals surface area contributed by atoms with Crippen LogP contribution in [0.2, 0.25) is 0 Å². The summed E-state index contributed by atoms with van der Waals surface area (Å²) >= 11 is 0. The van der Waals surface area contributed by atoms with Gasteiger partial charge in [-0.15, -0.1) is 13.2 Å². The lowest BCUT2D eigenvalue weighted by molar-refractivity contribution is -0.274. The number of carbonyl (C=O) groups excluding carboxylic acids is 3. The number of benzene rings is 2. The molecule has 0 saturated carbocycles. The molecule has 1 heterocycles. The number of fused-ring (bicyclic) bond motifs is 1. The molecule has 0 spiro atoms. The van der Waals surface area contributed by atoms with Gasteiger partial charge in [0.15, 0.2) is 0 Å². The van der Waals surface area contributed by atoms with Crippen LogP contribution >= 0.6 is 0 Å². The van der Waals surface area contributed by atoms with E-state index < -0.39 is 18.3 Å². The molecule has 0 bridgehead atoms. The zero-order valence-corrected chi connectivity index (χ0v) is 24.0. The second-order valence-corrected chi connectivity index (χ2v) is 10.2. The third-order valence-corrected chi connectivity index (χ3v) is 7.58. The number of nitrogens with zero attached hydrogens (tertiary/aromatic N) is 3. The van der Waals surface area contributed by atoms with Crippen molar-refractivity contribution in [1.82, 2.24) is 15.1 Å². The standard InChI is InChI=1S/C31H37F3N4O4/c1-3-37(17-15-24(20-35)23-11-6-12-25(19-23)42-31(32,33)34)16-5-4-9-22-10-7-13-26-27(22)21-38(30(26)41)28(14-8-18-39)29(40)36-2/h6-7,10-13,18-19,24,28H,3-5,8-9,14-17,21H2,1-2H3,(H,36,40). The van der Waals surface area contributed by atoms with E-state index in [4.69, 9.17) is 0 Å². The van der Waals surface area contributed by atoms with E-state index in [0.717, 1.165) is 49.8 Å². The second kappa shape index (κ2) is 15.4. The van der Waals surface area contributed by atoms with Crippen LogP contribution in [0.3, 0.4) is 0 Å². The van der Waals surface area contributed by atoms with Crippen LogP contribution in [-0.2, 0) is 22.6 Å². The van der Waals surface area contributed by atoms with Gasteiger partial charge >= 0.3 is 6.36 Å². The first-order valence-corrected chi connectivity index (χ1v) is 14.2. The van der Waals surface area contributed by atoms with Gasteiger partial charge in [0.2, 0.25) is 5.91 Å². The van der Waals surface area contributed by atoms with E-state index in [1.807, 2.05) is 19.1 Å². The molecule has 2 atom stereocenters. The zero-order chi connectivity index (χ0) is 30.7. The van der Waals surface area contributed by atoms with Crippen LogP contribution in [0.25, 0.3) is 0 Å². The summed E-state index contributed by atoms with van der Waals surface area (Å²) in [4.78, 5) is 40.3. The van der Waals surface area contributed by atoms with Gasteiger partial charge in [0.1, 0.15) is 18.1 Å². The Morgan fingerprint density at radius 1 is 1.19 bits per heavy atom. The van der Waals surface area contributed by atoms with Gasteiger partial charge in [0.25, 0.3) is 5.91 Å². The maximum absolute atomic E-state index is 13.1. The highest BCUT2D eigenvalue weighted by Gasteiger charge is 2.36. The largest absolute Gasteiger partial charge is 0.573 e. The number of aldehydes is 1. The summed E-state index contributed by atoms with van der Waals surface area (Å²) in [5.41, 5.74) is 3.06. The lowest BCUT2D eigenvalue weighted by atomic mass is 9.96. The van der Waals surface area contributed by atoms with Crippen molar-refractivity contribution >= 4 is 18.1 Å². The van der Waals surface area contributed by atoms with Crippen molar-refractivity contribution in [3.63, 3.8) is 0 Å². The van der Waals surface area contributed by atoms with Gasteiger partial charge in [-0.3, -0.25) is 9.59 Å². The highest BCUT2D eigenvalue weighted by molar-refractivity contribution is 6.01. The van der Waals surface area contributed by atoms with E-state index in [9.17, 15) is 32.8 Å². The molecule has 11 heteroatoms. The number of alkyl halides is 3. The Labute approximate surface area is 244 Å². The average Bonchev–Trinajstić information content (AvgIpc) is 3.30. The summed E-state index contributed by atoms with van der Waals surface area (Å²) in [7, 11) is 1.51. The first-order valence-electron chi connectivity index (χ1n) is 14.2. The van der Waals surface area contributed by atoms with E-state index >= 15 is 0 Å². The minimum Gasteiger partial charge on any atom is -0.406 e. The number of likely N-dealkylation sites (N-methyl/N-ethyl adjacent to an activating group) is 1. The molecule has 1 aliphatic rings. The third-order valence-electron chi connectivity index (χ3n) is 7.58. The molecular formula is C31H37F3N4O4. The molecule has 0 radical (unpaired) electrons. The zero-order valence-electron chi connectivity index (χ0n) is 24.0. The number of nitriles is 1. The first-order chi connectivity index (χ1) is 20.1. The fourth-order valence-corrected chi connectivity index (χ4v) is 5.35. The van der Waals surface area contributed by atoms with Crippen molar-refractivity contribution in [3.8, 4) is 11.8 Å². The second-order valence-electron chi connectivity index (χ2n) is 10.2. The van der Waals surface area contributed by atoms with E-state index in [-0.39, 0.29) is 30.4 Å². The summed E-state index contributed by atoms with van der Waals surface area (Å²) in [6, 6.07) is 12.7. The van der Waals surface area contributed by atoms with Crippen molar-refractivity contribution in [1.29, 1.82) is 5.26 Å². The molecule has 1 aliphatic heterocycles. The molecule has 226 valence electrons. The van der Waals surface area contributed by atoms with Gasteiger partial charge in [-0.05, 0) is 86.6 Å². The smallest absolute Gasteiger partial charge is 0.406 e. The lowest BCUT2D eigenvalue weighted by Crippen LogP contribution is -2.46. The predicted molar refractivity (Wildman–Crippen MR) is 151 cm³/mol. The number of carbonyl (C=O) groups is 3. The van der Waals surface area contributed by atoms with Crippen LogP contribution in [0, 0.1) is 11.3 Å². The van der Waals surface area contributed by atoms with E-state index in [1.165, 1.54) is 25.2 Å². The Morgan fingerprint density at radius 2 is 1.95 bits per heavy atom. The Hall–Kier alpha value is -3.91. The molecule has 2 aromatic carbocycles. The minimum atomic E-state index is -4.79. The molecular weight excluding hydrogens is 549 g/mol. The molecule has 2 aromatic rings. The maximum Gasteiger partial charge on any atom is 0.573 e. The number of ether oxygens (including phenoxy) is 1. The van der Waals surface area contributed by atoms with Crippen LogP contribution < -0.4 is 10.1 Å². The van der Waals surface area contributed by atoms with Gasteiger partial charge < -0.3 is 24.6 Å². The molecule has 42 heavy (non-hydrogen) atoms. The number of halogens is 3. The van der Waals surface area contributed by atoms with Crippen LogP contribution in [0.5, 0.6) is 5.75 Å². The van der Waals surface area contributed by atoms with E-state index in [0.29, 0.717) is 30.6 Å². The van der Waals surface area contributed by atoms with Crippen molar-refractivity contribution < 1.29 is 32.3 Å². The van der Waals surface area contributed by atoms with Crippen molar-refractivity contribution in [3.05, 3.63) is 64.7 Å². The summed E-state index contributed by atoms with van der Waals surface area (Å²) in [5, 5.41) is 12.3. The molecule has 2 unspecified atom stereocenters. The van der Waals surface area contributed by atoms with Gasteiger partial charge in [0, 0.05) is 25.6 Å². The summed E-state index contributed by atoms with van der Waals surface area (Å²) in [5.74, 6) is -1.39. The third kappa shape index (κ3) is 8.79. The molecule has 0 aromatic heterocycles. The van der Waals surface area contributed by atoms with E-state index in [2.05, 4.69) is 21.0 Å². The number of aryl methyl sites for hydroxylation is 1. The minimum absolute atomic E-state index is 0.187. The fraction of sp³-hybridized carbons (Fsp3) is 0.484. The quantitative estimate of drug-likeness (QED) is 0.220. The molecule has 0 aliphatic carbocycles. The van der Waals surface area contributed by atoms with Crippen molar-refractivity contribution in [2.75, 3.05) is 26.7 Å². The van der Waals surface area contributed by atoms with Gasteiger partial charge in [-0.1, -0.05) is 31.2 Å². The first kappa shape index (κ1) is 32.6. The van der Waals surface area contributed by atoms with Gasteiger partial charge in [0.05, 0.1) is 12.0 Å². The summed E-state index contributed by atoms with van der Waals surface area (Å²) in [6.45, 7) is 4.52. The maximum atomic E-state index is 13.1. The monoisotopic (exact) mass is 586 g/mol. The Kier molecular flexibility index (Phi) is 11.9. The number of unbranched alkanes of at least 4 members (excludes halogenated alkanes) is 1. The average molecular weight is 587 g/mol. The van der Waals surface area contributed by atoms with Gasteiger partial charge in [-0.2, -0.15) is 5.26 Å². The molecule has 0 fully saturated rings. The Morgan fingerprint density at radius 3 is 2.62 bits per heavy atom. The number of rotatable bonds is 16. The highest BCUT2D eigenvalue weighted by atomic mass is 19.4.